The van der Waals surface area contributed by atoms with Crippen molar-refractivity contribution in [1.82, 2.24) is 4.31 Å². The van der Waals surface area contributed by atoms with E-state index < -0.39 is 10.0 Å². The first kappa shape index (κ1) is 14.3. The van der Waals surface area contributed by atoms with Gasteiger partial charge in [-0.1, -0.05) is 19.4 Å². The summed E-state index contributed by atoms with van der Waals surface area (Å²) in [7, 11) is -1.92. The van der Waals surface area contributed by atoms with Crippen LogP contribution < -0.4 is 4.74 Å². The van der Waals surface area contributed by atoms with Gasteiger partial charge in [-0.05, 0) is 37.0 Å². The van der Waals surface area contributed by atoms with E-state index in [0.29, 0.717) is 23.7 Å². The molecule has 1 aromatic rings. The highest BCUT2D eigenvalue weighted by Gasteiger charge is 2.28. The Morgan fingerprint density at radius 1 is 1.21 bits per heavy atom. The van der Waals surface area contributed by atoms with Crippen LogP contribution in [0.5, 0.6) is 5.75 Å². The second kappa shape index (κ2) is 5.92. The molecular formula is C14H21NO3S. The molecule has 5 heteroatoms. The van der Waals surface area contributed by atoms with Gasteiger partial charge in [-0.3, -0.25) is 0 Å². The van der Waals surface area contributed by atoms with Gasteiger partial charge in [-0.25, -0.2) is 8.42 Å². The SMILES string of the molecule is CCc1ccc(OC)c(S(=O)(=O)N2CCCCC2)c1. The van der Waals surface area contributed by atoms with Gasteiger partial charge < -0.3 is 4.74 Å². The molecule has 1 aromatic carbocycles. The Balaban J connectivity index is 2.43. The van der Waals surface area contributed by atoms with Crippen molar-refractivity contribution in [2.45, 2.75) is 37.5 Å². The van der Waals surface area contributed by atoms with E-state index in [1.807, 2.05) is 13.0 Å². The van der Waals surface area contributed by atoms with Crippen LogP contribution in [0.4, 0.5) is 0 Å². The van der Waals surface area contributed by atoms with Crippen molar-refractivity contribution in [3.63, 3.8) is 0 Å². The van der Waals surface area contributed by atoms with E-state index in [1.165, 1.54) is 7.11 Å². The van der Waals surface area contributed by atoms with Crippen LogP contribution in [0, 0.1) is 0 Å². The lowest BCUT2D eigenvalue weighted by Crippen LogP contribution is -2.35. The van der Waals surface area contributed by atoms with Gasteiger partial charge in [0.05, 0.1) is 7.11 Å². The van der Waals surface area contributed by atoms with Gasteiger partial charge in [0.1, 0.15) is 10.6 Å². The second-order valence-corrected chi connectivity index (χ2v) is 6.71. The van der Waals surface area contributed by atoms with E-state index >= 15 is 0 Å². The summed E-state index contributed by atoms with van der Waals surface area (Å²) >= 11 is 0. The number of nitrogens with zero attached hydrogens (tertiary/aromatic N) is 1. The summed E-state index contributed by atoms with van der Waals surface area (Å²) in [5.74, 6) is 0.433. The van der Waals surface area contributed by atoms with E-state index in [1.54, 1.807) is 16.4 Å². The predicted octanol–water partition coefficient (Wildman–Crippen LogP) is 2.43. The van der Waals surface area contributed by atoms with E-state index in [-0.39, 0.29) is 0 Å². The Kier molecular flexibility index (Phi) is 4.47. The number of benzene rings is 1. The molecule has 1 heterocycles. The third kappa shape index (κ3) is 2.92. The number of ether oxygens (including phenoxy) is 1. The highest BCUT2D eigenvalue weighted by molar-refractivity contribution is 7.89. The normalized spacial score (nSPS) is 17.4. The third-order valence-electron chi connectivity index (χ3n) is 3.57. The first-order valence-electron chi connectivity index (χ1n) is 6.76. The molecule has 106 valence electrons. The minimum atomic E-state index is -3.43. The summed E-state index contributed by atoms with van der Waals surface area (Å²) in [5, 5.41) is 0. The van der Waals surface area contributed by atoms with Gasteiger partial charge in [0.15, 0.2) is 0 Å². The maximum Gasteiger partial charge on any atom is 0.246 e. The maximum absolute atomic E-state index is 12.7. The van der Waals surface area contributed by atoms with Crippen LogP contribution in [-0.4, -0.2) is 32.9 Å². The van der Waals surface area contributed by atoms with Crippen molar-refractivity contribution in [3.8, 4) is 5.75 Å². The number of aryl methyl sites for hydroxylation is 1. The number of hydrogen-bond donors (Lipinski definition) is 0. The average Bonchev–Trinajstić information content (AvgIpc) is 2.47. The van der Waals surface area contributed by atoms with Gasteiger partial charge in [0, 0.05) is 13.1 Å². The first-order valence-corrected chi connectivity index (χ1v) is 8.20. The Morgan fingerprint density at radius 3 is 2.47 bits per heavy atom. The predicted molar refractivity (Wildman–Crippen MR) is 75.0 cm³/mol. The fraction of sp³-hybridized carbons (Fsp3) is 0.571. The van der Waals surface area contributed by atoms with Gasteiger partial charge in [0.25, 0.3) is 0 Å². The molecule has 0 amide bonds. The van der Waals surface area contributed by atoms with Gasteiger partial charge in [-0.2, -0.15) is 4.31 Å². The van der Waals surface area contributed by atoms with Crippen LogP contribution >= 0.6 is 0 Å². The molecular weight excluding hydrogens is 262 g/mol. The highest BCUT2D eigenvalue weighted by Crippen LogP contribution is 2.29. The molecule has 1 fully saturated rings. The molecule has 0 spiro atoms. The summed E-state index contributed by atoms with van der Waals surface area (Å²) in [6.07, 6.45) is 3.80. The van der Waals surface area contributed by atoms with Crippen molar-refractivity contribution < 1.29 is 13.2 Å². The molecule has 0 unspecified atom stereocenters. The molecule has 0 atom stereocenters. The zero-order valence-electron chi connectivity index (χ0n) is 11.6. The summed E-state index contributed by atoms with van der Waals surface area (Å²) < 4.78 is 32.2. The fourth-order valence-corrected chi connectivity index (χ4v) is 4.11. The lowest BCUT2D eigenvalue weighted by Gasteiger charge is -2.26. The van der Waals surface area contributed by atoms with E-state index in [0.717, 1.165) is 31.2 Å². The van der Waals surface area contributed by atoms with Crippen LogP contribution in [0.15, 0.2) is 23.1 Å². The van der Waals surface area contributed by atoms with Gasteiger partial charge >= 0.3 is 0 Å². The number of methoxy groups -OCH3 is 1. The largest absolute Gasteiger partial charge is 0.495 e. The molecule has 19 heavy (non-hydrogen) atoms. The monoisotopic (exact) mass is 283 g/mol. The van der Waals surface area contributed by atoms with E-state index in [4.69, 9.17) is 4.74 Å². The number of sulfonamides is 1. The fourth-order valence-electron chi connectivity index (χ4n) is 2.39. The average molecular weight is 283 g/mol. The number of rotatable bonds is 4. The summed E-state index contributed by atoms with van der Waals surface area (Å²) in [6.45, 7) is 3.24. The van der Waals surface area contributed by atoms with Crippen molar-refractivity contribution in [1.29, 1.82) is 0 Å². The lowest BCUT2D eigenvalue weighted by atomic mass is 10.2. The van der Waals surface area contributed by atoms with Gasteiger partial charge in [0.2, 0.25) is 10.0 Å². The topological polar surface area (TPSA) is 46.6 Å². The van der Waals surface area contributed by atoms with E-state index in [2.05, 4.69) is 0 Å². The number of hydrogen-bond acceptors (Lipinski definition) is 3. The minimum absolute atomic E-state index is 0.302. The molecule has 0 aromatic heterocycles. The Bertz CT molecular complexity index is 534. The van der Waals surface area contributed by atoms with Crippen molar-refractivity contribution in [2.75, 3.05) is 20.2 Å². The first-order chi connectivity index (χ1) is 9.09. The van der Waals surface area contributed by atoms with Gasteiger partial charge in [-0.15, -0.1) is 0 Å². The Morgan fingerprint density at radius 2 is 1.89 bits per heavy atom. The van der Waals surface area contributed by atoms with Crippen LogP contribution in [-0.2, 0) is 16.4 Å². The van der Waals surface area contributed by atoms with Crippen molar-refractivity contribution in [2.24, 2.45) is 0 Å². The van der Waals surface area contributed by atoms with Crippen LogP contribution in [0.1, 0.15) is 31.7 Å². The molecule has 0 radical (unpaired) electrons. The molecule has 0 saturated carbocycles. The van der Waals surface area contributed by atoms with Crippen molar-refractivity contribution in [3.05, 3.63) is 23.8 Å². The highest BCUT2D eigenvalue weighted by atomic mass is 32.2. The van der Waals surface area contributed by atoms with E-state index in [9.17, 15) is 8.42 Å². The molecule has 0 bridgehead atoms. The molecule has 1 aliphatic rings. The molecule has 1 saturated heterocycles. The number of piperidine rings is 1. The quantitative estimate of drug-likeness (QED) is 0.852. The minimum Gasteiger partial charge on any atom is -0.495 e. The smallest absolute Gasteiger partial charge is 0.246 e. The summed E-state index contributed by atoms with van der Waals surface area (Å²) in [6, 6.07) is 5.40. The molecule has 4 nitrogen and oxygen atoms in total. The summed E-state index contributed by atoms with van der Waals surface area (Å²) in [5.41, 5.74) is 1.01. The maximum atomic E-state index is 12.7. The Hall–Kier alpha value is -1.07. The Labute approximate surface area is 115 Å². The molecule has 0 N–H and O–H groups in total. The third-order valence-corrected chi connectivity index (χ3v) is 5.49. The zero-order chi connectivity index (χ0) is 13.9. The van der Waals surface area contributed by atoms with Crippen LogP contribution in [0.3, 0.4) is 0 Å². The zero-order valence-corrected chi connectivity index (χ0v) is 12.4. The van der Waals surface area contributed by atoms with Crippen molar-refractivity contribution >= 4 is 10.0 Å². The second-order valence-electron chi connectivity index (χ2n) is 4.80. The lowest BCUT2D eigenvalue weighted by molar-refractivity contribution is 0.342. The van der Waals surface area contributed by atoms with Crippen LogP contribution in [0.25, 0.3) is 0 Å². The molecule has 0 aliphatic carbocycles. The van der Waals surface area contributed by atoms with Crippen LogP contribution in [0.2, 0.25) is 0 Å². The molecule has 2 rings (SSSR count). The summed E-state index contributed by atoms with van der Waals surface area (Å²) in [4.78, 5) is 0.302. The molecule has 1 aliphatic heterocycles. The standard InChI is InChI=1S/C14H21NO3S/c1-3-12-7-8-13(18-2)14(11-12)19(16,17)15-9-5-4-6-10-15/h7-8,11H,3-6,9-10H2,1-2H3.